The maximum absolute atomic E-state index is 11.3. The summed E-state index contributed by atoms with van der Waals surface area (Å²) < 4.78 is 0. The zero-order valence-electron chi connectivity index (χ0n) is 13.0. The van der Waals surface area contributed by atoms with Crippen LogP contribution in [0.4, 0.5) is 0 Å². The van der Waals surface area contributed by atoms with Gasteiger partial charge in [-0.25, -0.2) is 0 Å². The quantitative estimate of drug-likeness (QED) is 0.554. The Balaban J connectivity index is 1.92. The van der Waals surface area contributed by atoms with E-state index in [9.17, 15) is 4.79 Å². The SMILES string of the molecule is N=C(c1ccc(C(=O)P)cc1)c1ccc(-c2ccccc2)cc1P. The van der Waals surface area contributed by atoms with Gasteiger partial charge in [0.25, 0.3) is 0 Å². The lowest BCUT2D eigenvalue weighted by atomic mass is 9.98. The van der Waals surface area contributed by atoms with Gasteiger partial charge < -0.3 is 0 Å². The molecule has 2 nitrogen and oxygen atoms in total. The summed E-state index contributed by atoms with van der Waals surface area (Å²) in [5.41, 5.74) is 4.96. The lowest BCUT2D eigenvalue weighted by Crippen LogP contribution is -2.11. The Morgan fingerprint density at radius 1 is 0.792 bits per heavy atom. The van der Waals surface area contributed by atoms with Crippen LogP contribution in [0.25, 0.3) is 11.1 Å². The molecule has 0 saturated heterocycles. The minimum Gasteiger partial charge on any atom is -0.300 e. The van der Waals surface area contributed by atoms with Gasteiger partial charge in [-0.15, -0.1) is 9.24 Å². The van der Waals surface area contributed by atoms with Crippen LogP contribution >= 0.6 is 18.5 Å². The van der Waals surface area contributed by atoms with Gasteiger partial charge in [0, 0.05) is 16.7 Å². The summed E-state index contributed by atoms with van der Waals surface area (Å²) in [5.74, 6) is 0. The Labute approximate surface area is 146 Å². The molecule has 0 aliphatic heterocycles. The second-order valence-electron chi connectivity index (χ2n) is 5.48. The predicted octanol–water partition coefficient (Wildman–Crippen LogP) is 4.29. The number of nitrogens with one attached hydrogen (secondary N) is 1. The fourth-order valence-corrected chi connectivity index (χ4v) is 3.17. The summed E-state index contributed by atoms with van der Waals surface area (Å²) >= 11 is 0. The average Bonchev–Trinajstić information content (AvgIpc) is 2.62. The molecule has 0 aliphatic carbocycles. The van der Waals surface area contributed by atoms with Crippen LogP contribution in [0.15, 0.2) is 72.8 Å². The van der Waals surface area contributed by atoms with Crippen molar-refractivity contribution < 1.29 is 4.79 Å². The smallest absolute Gasteiger partial charge is 0.178 e. The van der Waals surface area contributed by atoms with Gasteiger partial charge in [0.05, 0.1) is 5.71 Å². The first-order chi connectivity index (χ1) is 11.6. The molecule has 0 spiro atoms. The molecule has 0 radical (unpaired) electrons. The topological polar surface area (TPSA) is 40.9 Å². The minimum atomic E-state index is -0.0490. The van der Waals surface area contributed by atoms with Gasteiger partial charge in [0.2, 0.25) is 0 Å². The number of carbonyl (C=O) groups is 1. The van der Waals surface area contributed by atoms with Crippen molar-refractivity contribution in [2.24, 2.45) is 0 Å². The van der Waals surface area contributed by atoms with Gasteiger partial charge in [0.15, 0.2) is 5.52 Å². The number of carbonyl (C=O) groups excluding carboxylic acids is 1. The third-order valence-electron chi connectivity index (χ3n) is 3.89. The maximum Gasteiger partial charge on any atom is 0.178 e. The fourth-order valence-electron chi connectivity index (χ4n) is 2.56. The molecule has 3 rings (SSSR count). The normalized spacial score (nSPS) is 10.4. The molecule has 0 bridgehead atoms. The van der Waals surface area contributed by atoms with E-state index < -0.39 is 0 Å². The van der Waals surface area contributed by atoms with Crippen LogP contribution in [-0.4, -0.2) is 11.2 Å². The first-order valence-corrected chi connectivity index (χ1v) is 8.66. The standard InChI is InChI=1S/C20H17NOP2/c21-19(14-6-8-15(9-7-14)20(22)24)17-11-10-16(12-18(17)23)13-4-2-1-3-5-13/h1-12,21H,23-24H2. The molecule has 24 heavy (non-hydrogen) atoms. The Hall–Kier alpha value is -2.14. The van der Waals surface area contributed by atoms with Crippen molar-refractivity contribution in [3.63, 3.8) is 0 Å². The van der Waals surface area contributed by atoms with E-state index in [-0.39, 0.29) is 5.52 Å². The van der Waals surface area contributed by atoms with Gasteiger partial charge in [-0.05, 0) is 22.5 Å². The first kappa shape index (κ1) is 16.7. The molecule has 118 valence electrons. The molecule has 3 aromatic carbocycles. The third kappa shape index (κ3) is 3.51. The lowest BCUT2D eigenvalue weighted by Gasteiger charge is -2.11. The number of benzene rings is 3. The van der Waals surface area contributed by atoms with E-state index in [2.05, 4.69) is 36.7 Å². The van der Waals surface area contributed by atoms with E-state index in [4.69, 9.17) is 5.41 Å². The second kappa shape index (κ2) is 7.18. The van der Waals surface area contributed by atoms with Gasteiger partial charge in [-0.1, -0.05) is 76.0 Å². The summed E-state index contributed by atoms with van der Waals surface area (Å²) in [7, 11) is 4.88. The van der Waals surface area contributed by atoms with Crippen LogP contribution in [0.2, 0.25) is 0 Å². The number of hydrogen-bond acceptors (Lipinski definition) is 2. The molecule has 3 aromatic rings. The van der Waals surface area contributed by atoms with Crippen molar-refractivity contribution in [2.45, 2.75) is 0 Å². The Kier molecular flexibility index (Phi) is 5.00. The molecule has 0 aliphatic rings. The highest BCUT2D eigenvalue weighted by Gasteiger charge is 2.10. The zero-order chi connectivity index (χ0) is 17.1. The Bertz CT molecular complexity index is 903. The molecule has 1 N–H and O–H groups in total. The van der Waals surface area contributed by atoms with Gasteiger partial charge in [-0.3, -0.25) is 10.2 Å². The molecule has 0 heterocycles. The van der Waals surface area contributed by atoms with Gasteiger partial charge >= 0.3 is 0 Å². The minimum absolute atomic E-state index is 0.0490. The van der Waals surface area contributed by atoms with E-state index >= 15 is 0 Å². The van der Waals surface area contributed by atoms with Crippen LogP contribution in [0.5, 0.6) is 0 Å². The number of hydrogen-bond donors (Lipinski definition) is 1. The molecule has 0 fully saturated rings. The van der Waals surface area contributed by atoms with Crippen LogP contribution in [0.3, 0.4) is 0 Å². The van der Waals surface area contributed by atoms with Crippen LogP contribution in [-0.2, 0) is 0 Å². The lowest BCUT2D eigenvalue weighted by molar-refractivity contribution is 0.108. The van der Waals surface area contributed by atoms with Gasteiger partial charge in [0.1, 0.15) is 0 Å². The van der Waals surface area contributed by atoms with Crippen molar-refractivity contribution in [3.8, 4) is 11.1 Å². The van der Waals surface area contributed by atoms with Crippen molar-refractivity contribution >= 4 is 35.0 Å². The van der Waals surface area contributed by atoms with E-state index in [1.807, 2.05) is 42.5 Å². The van der Waals surface area contributed by atoms with E-state index in [1.165, 1.54) is 0 Å². The van der Waals surface area contributed by atoms with E-state index in [0.29, 0.717) is 11.3 Å². The first-order valence-electron chi connectivity index (χ1n) is 7.50. The summed E-state index contributed by atoms with van der Waals surface area (Å²) in [4.78, 5) is 11.3. The van der Waals surface area contributed by atoms with Crippen LogP contribution in [0.1, 0.15) is 21.5 Å². The molecule has 2 unspecified atom stereocenters. The molecule has 4 heteroatoms. The van der Waals surface area contributed by atoms with Crippen molar-refractivity contribution in [3.05, 3.63) is 89.5 Å². The van der Waals surface area contributed by atoms with Crippen LogP contribution < -0.4 is 5.30 Å². The highest BCUT2D eigenvalue weighted by molar-refractivity contribution is 7.41. The van der Waals surface area contributed by atoms with E-state index in [0.717, 1.165) is 27.6 Å². The van der Waals surface area contributed by atoms with Crippen LogP contribution in [0, 0.1) is 5.41 Å². The summed E-state index contributed by atoms with van der Waals surface area (Å²) in [5, 5.41) is 9.44. The molecule has 0 aromatic heterocycles. The molecule has 0 amide bonds. The maximum atomic E-state index is 11.3. The molecular formula is C20H17NOP2. The summed E-state index contributed by atoms with van der Waals surface area (Å²) in [6.45, 7) is 0. The molecule has 0 saturated carbocycles. The van der Waals surface area contributed by atoms with Crippen molar-refractivity contribution in [2.75, 3.05) is 0 Å². The second-order valence-corrected chi connectivity index (χ2v) is 6.63. The molecular weight excluding hydrogens is 332 g/mol. The zero-order valence-corrected chi connectivity index (χ0v) is 15.3. The highest BCUT2D eigenvalue weighted by atomic mass is 31.0. The largest absolute Gasteiger partial charge is 0.300 e. The Morgan fingerprint density at radius 2 is 1.42 bits per heavy atom. The predicted molar refractivity (Wildman–Crippen MR) is 108 cm³/mol. The number of rotatable bonds is 4. The summed E-state index contributed by atoms with van der Waals surface area (Å²) in [6, 6.07) is 23.4. The highest BCUT2D eigenvalue weighted by Crippen LogP contribution is 2.21. The average molecular weight is 349 g/mol. The van der Waals surface area contributed by atoms with Crippen molar-refractivity contribution in [1.29, 1.82) is 5.41 Å². The molecule has 2 atom stereocenters. The van der Waals surface area contributed by atoms with E-state index in [1.54, 1.807) is 12.1 Å². The third-order valence-corrected chi connectivity index (χ3v) is 4.70. The van der Waals surface area contributed by atoms with Crippen molar-refractivity contribution in [1.82, 2.24) is 0 Å². The summed E-state index contributed by atoms with van der Waals surface area (Å²) in [6.07, 6.45) is 0. The Morgan fingerprint density at radius 3 is 2.00 bits per heavy atom. The fraction of sp³-hybridized carbons (Fsp3) is 0. The monoisotopic (exact) mass is 349 g/mol. The van der Waals surface area contributed by atoms with Gasteiger partial charge in [-0.2, -0.15) is 0 Å².